The second-order valence-corrected chi connectivity index (χ2v) is 5.10. The fourth-order valence-electron chi connectivity index (χ4n) is 1.47. The summed E-state index contributed by atoms with van der Waals surface area (Å²) >= 11 is 3.32. The molecule has 0 fully saturated rings. The van der Waals surface area contributed by atoms with Crippen molar-refractivity contribution in [2.24, 2.45) is 5.73 Å². The predicted molar refractivity (Wildman–Crippen MR) is 70.7 cm³/mol. The molecular weight excluding hydrogens is 298 g/mol. The van der Waals surface area contributed by atoms with Gasteiger partial charge in [0.2, 0.25) is 0 Å². The molecule has 0 spiro atoms. The largest absolute Gasteiger partial charge is 0.332 e. The first kappa shape index (κ1) is 13.1. The average Bonchev–Trinajstić information content (AvgIpc) is 2.78. The smallest absolute Gasteiger partial charge is 0.276 e. The first-order valence-electron chi connectivity index (χ1n) is 5.42. The summed E-state index contributed by atoms with van der Waals surface area (Å²) in [4.78, 5) is 10.4. The molecule has 2 N–H and O–H groups in total. The van der Waals surface area contributed by atoms with E-state index in [9.17, 15) is 0 Å². The first-order chi connectivity index (χ1) is 8.56. The lowest BCUT2D eigenvalue weighted by Crippen LogP contribution is -2.26. The number of nitrogens with zero attached hydrogens (tertiary/aromatic N) is 4. The van der Waals surface area contributed by atoms with Gasteiger partial charge in [-0.25, -0.2) is 4.98 Å². The third-order valence-electron chi connectivity index (χ3n) is 2.28. The Morgan fingerprint density at radius 1 is 1.44 bits per heavy atom. The van der Waals surface area contributed by atoms with Crippen molar-refractivity contribution in [3.05, 3.63) is 28.6 Å². The van der Waals surface area contributed by atoms with Crippen LogP contribution in [-0.4, -0.2) is 40.7 Å². The minimum absolute atomic E-state index is 0.270. The van der Waals surface area contributed by atoms with Gasteiger partial charge in [-0.1, -0.05) is 5.16 Å². The molecule has 18 heavy (non-hydrogen) atoms. The van der Waals surface area contributed by atoms with E-state index in [4.69, 9.17) is 10.3 Å². The van der Waals surface area contributed by atoms with E-state index in [1.54, 1.807) is 12.3 Å². The summed E-state index contributed by atoms with van der Waals surface area (Å²) in [6, 6.07) is 3.40. The molecule has 96 valence electrons. The minimum atomic E-state index is -0.270. The Labute approximate surface area is 113 Å². The third kappa shape index (κ3) is 3.12. The molecule has 0 aromatic carbocycles. The molecule has 7 heteroatoms. The Balaban J connectivity index is 2.17. The summed E-state index contributed by atoms with van der Waals surface area (Å²) in [7, 11) is 3.88. The standard InChI is InChI=1S/C11H14BrN5O/c1-17(2)6-8(13)10-15-11(18-16-10)9-4-3-7(12)5-14-9/h3-5,8H,6,13H2,1-2H3. The Morgan fingerprint density at radius 3 is 2.83 bits per heavy atom. The van der Waals surface area contributed by atoms with Gasteiger partial charge >= 0.3 is 0 Å². The van der Waals surface area contributed by atoms with Crippen molar-refractivity contribution in [1.82, 2.24) is 20.0 Å². The van der Waals surface area contributed by atoms with Crippen molar-refractivity contribution in [3.8, 4) is 11.6 Å². The molecular formula is C11H14BrN5O. The van der Waals surface area contributed by atoms with Crippen molar-refractivity contribution in [3.63, 3.8) is 0 Å². The second-order valence-electron chi connectivity index (χ2n) is 4.19. The normalized spacial score (nSPS) is 12.9. The van der Waals surface area contributed by atoms with Crippen LogP contribution in [0.2, 0.25) is 0 Å². The number of rotatable bonds is 4. The SMILES string of the molecule is CN(C)CC(N)c1noc(-c2ccc(Br)cn2)n1. The monoisotopic (exact) mass is 311 g/mol. The summed E-state index contributed by atoms with van der Waals surface area (Å²) in [5, 5.41) is 3.88. The van der Waals surface area contributed by atoms with Gasteiger partial charge < -0.3 is 15.2 Å². The van der Waals surface area contributed by atoms with Gasteiger partial charge in [0.1, 0.15) is 5.69 Å². The summed E-state index contributed by atoms with van der Waals surface area (Å²) < 4.78 is 6.05. The Bertz CT molecular complexity index is 510. The van der Waals surface area contributed by atoms with E-state index < -0.39 is 0 Å². The number of hydrogen-bond donors (Lipinski definition) is 1. The van der Waals surface area contributed by atoms with Gasteiger partial charge in [-0.2, -0.15) is 4.98 Å². The first-order valence-corrected chi connectivity index (χ1v) is 6.21. The highest BCUT2D eigenvalue weighted by atomic mass is 79.9. The van der Waals surface area contributed by atoms with Crippen molar-refractivity contribution >= 4 is 15.9 Å². The molecule has 0 saturated heterocycles. The van der Waals surface area contributed by atoms with Crippen LogP contribution in [0.5, 0.6) is 0 Å². The number of pyridine rings is 1. The Hall–Kier alpha value is -1.31. The van der Waals surface area contributed by atoms with Crippen LogP contribution in [0.15, 0.2) is 27.3 Å². The summed E-state index contributed by atoms with van der Waals surface area (Å²) in [5.41, 5.74) is 6.59. The number of aromatic nitrogens is 3. The lowest BCUT2D eigenvalue weighted by atomic mass is 10.3. The molecule has 1 unspecified atom stereocenters. The van der Waals surface area contributed by atoms with E-state index in [0.29, 0.717) is 24.0 Å². The molecule has 0 aliphatic heterocycles. The number of likely N-dealkylation sites (N-methyl/N-ethyl adjacent to an activating group) is 1. The maximum atomic E-state index is 5.96. The van der Waals surface area contributed by atoms with Crippen LogP contribution in [0.4, 0.5) is 0 Å². The molecule has 2 aromatic heterocycles. The predicted octanol–water partition coefficient (Wildman–Crippen LogP) is 1.46. The minimum Gasteiger partial charge on any atom is -0.332 e. The van der Waals surface area contributed by atoms with Crippen molar-refractivity contribution in [2.45, 2.75) is 6.04 Å². The summed E-state index contributed by atoms with van der Waals surface area (Å²) in [6.45, 7) is 0.659. The maximum Gasteiger partial charge on any atom is 0.276 e. The zero-order chi connectivity index (χ0) is 13.1. The van der Waals surface area contributed by atoms with Gasteiger partial charge in [0.25, 0.3) is 5.89 Å². The lowest BCUT2D eigenvalue weighted by Gasteiger charge is -2.12. The third-order valence-corrected chi connectivity index (χ3v) is 2.75. The highest BCUT2D eigenvalue weighted by Crippen LogP contribution is 2.18. The van der Waals surface area contributed by atoms with Crippen LogP contribution in [0.3, 0.4) is 0 Å². The average molecular weight is 312 g/mol. The van der Waals surface area contributed by atoms with Gasteiger partial charge in [0.05, 0.1) is 6.04 Å². The number of nitrogens with two attached hydrogens (primary N) is 1. The van der Waals surface area contributed by atoms with Crippen LogP contribution in [0, 0.1) is 0 Å². The van der Waals surface area contributed by atoms with Gasteiger partial charge in [-0.3, -0.25) is 0 Å². The molecule has 0 bridgehead atoms. The fraction of sp³-hybridized carbons (Fsp3) is 0.364. The van der Waals surface area contributed by atoms with E-state index in [-0.39, 0.29) is 6.04 Å². The Morgan fingerprint density at radius 2 is 2.22 bits per heavy atom. The van der Waals surface area contributed by atoms with Crippen LogP contribution in [0.25, 0.3) is 11.6 Å². The molecule has 1 atom stereocenters. The van der Waals surface area contributed by atoms with E-state index in [1.807, 2.05) is 25.1 Å². The van der Waals surface area contributed by atoms with Gasteiger partial charge in [-0.05, 0) is 42.2 Å². The van der Waals surface area contributed by atoms with Crippen molar-refractivity contribution in [2.75, 3.05) is 20.6 Å². The Kier molecular flexibility index (Phi) is 4.05. The fourth-order valence-corrected chi connectivity index (χ4v) is 1.70. The number of halogens is 1. The molecule has 0 amide bonds. The van der Waals surface area contributed by atoms with Crippen LogP contribution < -0.4 is 5.73 Å². The highest BCUT2D eigenvalue weighted by Gasteiger charge is 2.16. The van der Waals surface area contributed by atoms with Crippen LogP contribution in [0.1, 0.15) is 11.9 Å². The molecule has 2 heterocycles. The highest BCUT2D eigenvalue weighted by molar-refractivity contribution is 9.10. The topological polar surface area (TPSA) is 81.1 Å². The van der Waals surface area contributed by atoms with Gasteiger partial charge in [0, 0.05) is 17.2 Å². The van der Waals surface area contributed by atoms with Gasteiger partial charge in [-0.15, -0.1) is 0 Å². The van der Waals surface area contributed by atoms with Crippen LogP contribution in [-0.2, 0) is 0 Å². The molecule has 0 aliphatic carbocycles. The zero-order valence-electron chi connectivity index (χ0n) is 10.2. The molecule has 0 radical (unpaired) electrons. The lowest BCUT2D eigenvalue weighted by molar-refractivity contribution is 0.357. The molecule has 0 aliphatic rings. The quantitative estimate of drug-likeness (QED) is 0.920. The van der Waals surface area contributed by atoms with E-state index in [0.717, 1.165) is 4.47 Å². The second kappa shape index (κ2) is 5.55. The van der Waals surface area contributed by atoms with Gasteiger partial charge in [0.15, 0.2) is 5.82 Å². The molecule has 2 rings (SSSR count). The van der Waals surface area contributed by atoms with E-state index >= 15 is 0 Å². The summed E-state index contributed by atoms with van der Waals surface area (Å²) in [5.74, 6) is 0.870. The zero-order valence-corrected chi connectivity index (χ0v) is 11.8. The van der Waals surface area contributed by atoms with E-state index in [2.05, 4.69) is 31.1 Å². The van der Waals surface area contributed by atoms with E-state index in [1.165, 1.54) is 0 Å². The molecule has 0 saturated carbocycles. The molecule has 2 aromatic rings. The number of hydrogen-bond acceptors (Lipinski definition) is 6. The maximum absolute atomic E-state index is 5.96. The summed E-state index contributed by atoms with van der Waals surface area (Å²) in [6.07, 6.45) is 1.68. The molecule has 6 nitrogen and oxygen atoms in total. The van der Waals surface area contributed by atoms with Crippen molar-refractivity contribution < 1.29 is 4.52 Å². The van der Waals surface area contributed by atoms with Crippen molar-refractivity contribution in [1.29, 1.82) is 0 Å². The van der Waals surface area contributed by atoms with Crippen LogP contribution >= 0.6 is 15.9 Å².